The van der Waals surface area contributed by atoms with Gasteiger partial charge in [0.05, 0.1) is 34.0 Å². The lowest BCUT2D eigenvalue weighted by Crippen LogP contribution is -2.15. The highest BCUT2D eigenvalue weighted by Gasteiger charge is 2.27. The van der Waals surface area contributed by atoms with E-state index >= 15 is 0 Å². The number of rotatable bonds is 12. The van der Waals surface area contributed by atoms with E-state index in [1.807, 2.05) is 0 Å². The molecular formula is C28H23N5O18S5. The summed E-state index contributed by atoms with van der Waals surface area (Å²) in [6.45, 7) is -0.980. The fourth-order valence-corrected chi connectivity index (χ4v) is 8.62. The van der Waals surface area contributed by atoms with Gasteiger partial charge in [-0.1, -0.05) is 6.07 Å². The summed E-state index contributed by atoms with van der Waals surface area (Å²) in [6.07, 6.45) is 0. The molecule has 0 atom stereocenters. The molecule has 0 aliphatic carbocycles. The van der Waals surface area contributed by atoms with Gasteiger partial charge in [0.2, 0.25) is 0 Å². The number of fused-ring (bicyclic) bond motifs is 2. The second kappa shape index (κ2) is 14.6. The maximum atomic E-state index is 12.6. The molecule has 56 heavy (non-hydrogen) atoms. The van der Waals surface area contributed by atoms with Crippen LogP contribution in [0, 0.1) is 0 Å². The number of azo groups is 2. The third-order valence-corrected chi connectivity index (χ3v) is 12.3. The monoisotopic (exact) mass is 877 g/mol. The zero-order valence-corrected chi connectivity index (χ0v) is 31.3. The predicted octanol–water partition coefficient (Wildman–Crippen LogP) is 3.86. The Morgan fingerprint density at radius 2 is 1.20 bits per heavy atom. The van der Waals surface area contributed by atoms with Crippen molar-refractivity contribution in [3.63, 3.8) is 0 Å². The Morgan fingerprint density at radius 3 is 1.80 bits per heavy atom. The number of nitrogens with two attached hydrogens (primary N) is 1. The number of hydrogen-bond acceptors (Lipinski definition) is 19. The molecule has 0 amide bonds. The number of nitrogens with zero attached hydrogens (tertiary/aromatic N) is 4. The molecule has 0 radical (unpaired) electrons. The molecule has 0 fully saturated rings. The topological polar surface area (TPSA) is 397 Å². The Labute approximate surface area is 315 Å². The third kappa shape index (κ3) is 8.83. The number of phenols is 3. The Hall–Kier alpha value is -5.43. The number of aromatic hydroxyl groups is 3. The van der Waals surface area contributed by atoms with Gasteiger partial charge >= 0.3 is 10.4 Å². The zero-order chi connectivity index (χ0) is 41.8. The smallest absolute Gasteiger partial charge is 0.397 e. The Kier molecular flexibility index (Phi) is 10.9. The standard InChI is InChI=1S/C28H23N5O18S5/c29-25-22(54(42,43)44)12-21(53(39,40)41)17-4-5-18(28(36)24(17)25)31-30-14-1-3-16-13(9-14)10-23(55(45,46)47)26(27(16)35)33-32-19-11-15(2-6-20(19)34)52(37,38)8-7-51-56(48,49)50/h1-6,9-12,34-36H,7-8,29H2,(H,39,40,41)(H,42,43,44)(H,45,46,47)(H,48,49,50). The van der Waals surface area contributed by atoms with Crippen molar-refractivity contribution in [3.05, 3.63) is 60.7 Å². The fourth-order valence-electron chi connectivity index (χ4n) is 5.02. The maximum Gasteiger partial charge on any atom is 0.397 e. The van der Waals surface area contributed by atoms with E-state index in [0.29, 0.717) is 6.07 Å². The molecule has 0 aliphatic heterocycles. The van der Waals surface area contributed by atoms with Crippen molar-refractivity contribution >= 4 is 101 Å². The largest absolute Gasteiger partial charge is 0.506 e. The van der Waals surface area contributed by atoms with E-state index in [4.69, 9.17) is 10.3 Å². The summed E-state index contributed by atoms with van der Waals surface area (Å²) in [5.41, 5.74) is 2.97. The van der Waals surface area contributed by atoms with Crippen LogP contribution in [0.2, 0.25) is 0 Å². The molecule has 0 spiro atoms. The normalized spacial score (nSPS) is 13.4. The van der Waals surface area contributed by atoms with E-state index < -0.39 is 133 Å². The minimum absolute atomic E-state index is 0.115. The molecule has 23 nitrogen and oxygen atoms in total. The first-order valence-corrected chi connectivity index (χ1v) is 21.8. The van der Waals surface area contributed by atoms with Crippen LogP contribution in [0.25, 0.3) is 21.5 Å². The van der Waals surface area contributed by atoms with Crippen molar-refractivity contribution in [1.29, 1.82) is 0 Å². The minimum atomic E-state index is -5.22. The van der Waals surface area contributed by atoms with Gasteiger partial charge in [0, 0.05) is 10.8 Å². The first kappa shape index (κ1) is 41.7. The van der Waals surface area contributed by atoms with Crippen LogP contribution in [0.5, 0.6) is 17.2 Å². The molecular weight excluding hydrogens is 855 g/mol. The highest BCUT2D eigenvalue weighted by molar-refractivity contribution is 7.91. The molecule has 0 aromatic heterocycles. The van der Waals surface area contributed by atoms with Crippen LogP contribution in [0.4, 0.5) is 28.4 Å². The number of hydrogen-bond donors (Lipinski definition) is 8. The van der Waals surface area contributed by atoms with Crippen LogP contribution in [0.15, 0.2) is 101 Å². The van der Waals surface area contributed by atoms with Crippen molar-refractivity contribution in [2.24, 2.45) is 20.5 Å². The molecule has 5 aromatic rings. The van der Waals surface area contributed by atoms with Gasteiger partial charge in [-0.05, 0) is 60.0 Å². The Morgan fingerprint density at radius 1 is 0.589 bits per heavy atom. The van der Waals surface area contributed by atoms with Crippen LogP contribution in [-0.2, 0) is 54.8 Å². The second-order valence-corrected chi connectivity index (χ2v) is 18.5. The van der Waals surface area contributed by atoms with Gasteiger partial charge in [0.25, 0.3) is 30.4 Å². The van der Waals surface area contributed by atoms with E-state index in [0.717, 1.165) is 42.5 Å². The molecule has 0 aliphatic rings. The van der Waals surface area contributed by atoms with E-state index in [1.54, 1.807) is 0 Å². The predicted molar refractivity (Wildman–Crippen MR) is 191 cm³/mol. The van der Waals surface area contributed by atoms with Gasteiger partial charge in [-0.25, -0.2) is 12.6 Å². The fraction of sp³-hybridized carbons (Fsp3) is 0.0714. The molecule has 9 N–H and O–H groups in total. The highest BCUT2D eigenvalue weighted by Crippen LogP contribution is 2.45. The Bertz CT molecular complexity index is 3120. The lowest BCUT2D eigenvalue weighted by atomic mass is 10.1. The average Bonchev–Trinajstić information content (AvgIpc) is 3.05. The highest BCUT2D eigenvalue weighted by atomic mass is 32.3. The molecule has 28 heteroatoms. The summed E-state index contributed by atoms with van der Waals surface area (Å²) >= 11 is 0. The minimum Gasteiger partial charge on any atom is -0.506 e. The quantitative estimate of drug-likeness (QED) is 0.0501. The van der Waals surface area contributed by atoms with Gasteiger partial charge in [0.15, 0.2) is 21.3 Å². The van der Waals surface area contributed by atoms with Crippen molar-refractivity contribution in [1.82, 2.24) is 0 Å². The van der Waals surface area contributed by atoms with Crippen molar-refractivity contribution < 1.29 is 79.8 Å². The molecule has 0 saturated carbocycles. The van der Waals surface area contributed by atoms with Gasteiger partial charge in [-0.2, -0.15) is 38.8 Å². The van der Waals surface area contributed by atoms with E-state index in [9.17, 15) is 71.1 Å². The first-order valence-electron chi connectivity index (χ1n) is 14.5. The zero-order valence-electron chi connectivity index (χ0n) is 27.2. The summed E-state index contributed by atoms with van der Waals surface area (Å²) in [6, 6.07) is 9.19. The number of benzene rings is 5. The molecule has 5 rings (SSSR count). The lowest BCUT2D eigenvalue weighted by molar-refractivity contribution is 0.284. The summed E-state index contributed by atoms with van der Waals surface area (Å²) in [7, 11) is -24.8. The number of phenolic OH excluding ortho intramolecular Hbond substituents is 3. The van der Waals surface area contributed by atoms with Crippen LogP contribution in [-0.4, -0.2) is 88.0 Å². The number of nitrogen functional groups attached to an aromatic ring is 1. The number of anilines is 1. The van der Waals surface area contributed by atoms with Crippen molar-refractivity contribution in [2.45, 2.75) is 19.6 Å². The lowest BCUT2D eigenvalue weighted by Gasteiger charge is -2.13. The van der Waals surface area contributed by atoms with E-state index in [2.05, 4.69) is 24.6 Å². The molecule has 0 saturated heterocycles. The van der Waals surface area contributed by atoms with Crippen molar-refractivity contribution in [3.8, 4) is 17.2 Å². The van der Waals surface area contributed by atoms with Gasteiger partial charge < -0.3 is 21.1 Å². The molecule has 0 bridgehead atoms. The summed E-state index contributed by atoms with van der Waals surface area (Å²) in [5, 5.41) is 45.7. The van der Waals surface area contributed by atoms with Crippen LogP contribution in [0.3, 0.4) is 0 Å². The van der Waals surface area contributed by atoms with Crippen molar-refractivity contribution in [2.75, 3.05) is 18.1 Å². The van der Waals surface area contributed by atoms with Gasteiger partial charge in [-0.3, -0.25) is 18.2 Å². The average molecular weight is 878 g/mol. The van der Waals surface area contributed by atoms with E-state index in [1.165, 1.54) is 12.1 Å². The summed E-state index contributed by atoms with van der Waals surface area (Å²) < 4.78 is 161. The molecule has 5 aromatic carbocycles. The SMILES string of the molecule is Nc1c(S(=O)(=O)O)cc(S(=O)(=O)O)c2ccc(N=Nc3ccc4c(O)c(N=Nc5cc(S(=O)(=O)CCOS(=O)(=O)O)ccc5O)c(S(=O)(=O)O)cc4c3)c(O)c12. The maximum absolute atomic E-state index is 12.6. The summed E-state index contributed by atoms with van der Waals surface area (Å²) in [4.78, 5) is -3.78. The third-order valence-electron chi connectivity index (χ3n) is 7.51. The van der Waals surface area contributed by atoms with Crippen LogP contribution < -0.4 is 5.73 Å². The Balaban J connectivity index is 1.55. The van der Waals surface area contributed by atoms with Crippen LogP contribution in [0.1, 0.15) is 0 Å². The van der Waals surface area contributed by atoms with Crippen LogP contribution >= 0.6 is 0 Å². The first-order chi connectivity index (χ1) is 25.7. The summed E-state index contributed by atoms with van der Waals surface area (Å²) in [5.74, 6) is -3.49. The van der Waals surface area contributed by atoms with E-state index in [-0.39, 0.29) is 16.5 Å². The van der Waals surface area contributed by atoms with Gasteiger partial charge in [0.1, 0.15) is 37.5 Å². The van der Waals surface area contributed by atoms with Gasteiger partial charge in [-0.15, -0.1) is 15.3 Å². The molecule has 0 unspecified atom stereocenters. The molecule has 298 valence electrons. The number of sulfone groups is 1. The molecule has 0 heterocycles. The second-order valence-electron chi connectivity index (χ2n) is 11.2.